The molecule has 1 aliphatic heterocycles. The first-order valence-corrected chi connectivity index (χ1v) is 10.3. The second-order valence-electron chi connectivity index (χ2n) is 7.66. The fourth-order valence-corrected chi connectivity index (χ4v) is 4.19. The average Bonchev–Trinajstić information content (AvgIpc) is 3.46. The molecule has 2 atom stereocenters. The zero-order chi connectivity index (χ0) is 20.4. The van der Waals surface area contributed by atoms with Crippen LogP contribution in [0.3, 0.4) is 0 Å². The molecule has 1 saturated carbocycles. The van der Waals surface area contributed by atoms with Crippen molar-refractivity contribution in [3.05, 3.63) is 64.7 Å². The summed E-state index contributed by atoms with van der Waals surface area (Å²) in [5.74, 6) is -0.441. The topological polar surface area (TPSA) is 73.2 Å². The van der Waals surface area contributed by atoms with Crippen LogP contribution in [0.5, 0.6) is 0 Å². The molecule has 6 heteroatoms. The van der Waals surface area contributed by atoms with E-state index >= 15 is 0 Å². The summed E-state index contributed by atoms with van der Waals surface area (Å²) < 4.78 is 0. The van der Waals surface area contributed by atoms with Gasteiger partial charge in [0.1, 0.15) is 6.04 Å². The normalized spacial score (nSPS) is 19.4. The van der Waals surface area contributed by atoms with Gasteiger partial charge in [-0.3, -0.25) is 9.59 Å². The minimum absolute atomic E-state index is 0.107. The zero-order valence-corrected chi connectivity index (χ0v) is 16.7. The first-order valence-electron chi connectivity index (χ1n) is 9.94. The Morgan fingerprint density at radius 2 is 1.90 bits per heavy atom. The van der Waals surface area contributed by atoms with Crippen LogP contribution in [0.1, 0.15) is 42.7 Å². The van der Waals surface area contributed by atoms with Crippen molar-refractivity contribution in [2.45, 2.75) is 37.6 Å². The van der Waals surface area contributed by atoms with Gasteiger partial charge in [-0.15, -0.1) is 0 Å². The average molecular weight is 408 g/mol. The van der Waals surface area contributed by atoms with Crippen molar-refractivity contribution in [3.63, 3.8) is 0 Å². The van der Waals surface area contributed by atoms with Crippen molar-refractivity contribution in [2.75, 3.05) is 11.9 Å². The largest absolute Gasteiger partial charge is 0.330 e. The molecule has 1 heterocycles. The maximum Gasteiger partial charge on any atom is 0.247 e. The molecule has 4 rings (SSSR count). The predicted octanol–water partition coefficient (Wildman–Crippen LogP) is 4.33. The molecule has 5 nitrogen and oxygen atoms in total. The third-order valence-electron chi connectivity index (χ3n) is 5.61. The Hall–Kier alpha value is -2.84. The van der Waals surface area contributed by atoms with E-state index in [4.69, 9.17) is 11.6 Å². The van der Waals surface area contributed by atoms with E-state index in [2.05, 4.69) is 11.4 Å². The van der Waals surface area contributed by atoms with E-state index in [0.717, 1.165) is 24.8 Å². The van der Waals surface area contributed by atoms with E-state index in [1.165, 1.54) is 0 Å². The molecule has 0 aromatic heterocycles. The van der Waals surface area contributed by atoms with Crippen LogP contribution in [0.25, 0.3) is 0 Å². The van der Waals surface area contributed by atoms with E-state index in [0.29, 0.717) is 29.2 Å². The van der Waals surface area contributed by atoms with Crippen LogP contribution >= 0.6 is 11.6 Å². The van der Waals surface area contributed by atoms with Gasteiger partial charge in [-0.05, 0) is 48.9 Å². The number of amides is 2. The number of anilines is 1. The molecule has 0 radical (unpaired) electrons. The first-order chi connectivity index (χ1) is 14.1. The van der Waals surface area contributed by atoms with Crippen molar-refractivity contribution in [3.8, 4) is 6.07 Å². The van der Waals surface area contributed by atoms with E-state index < -0.39 is 12.0 Å². The maximum absolute atomic E-state index is 12.8. The molecule has 148 valence electrons. The van der Waals surface area contributed by atoms with Gasteiger partial charge in [0.15, 0.2) is 0 Å². The Bertz CT molecular complexity index is 966. The number of nitrogens with zero attached hydrogens (tertiary/aromatic N) is 2. The summed E-state index contributed by atoms with van der Waals surface area (Å²) in [5, 5.41) is 12.9. The third-order valence-corrected chi connectivity index (χ3v) is 5.93. The SMILES string of the molecule is N#CC(c1ccccc1)c1ccc(NC(=O)C2CCCN2C(=O)C2CC2)cc1Cl. The lowest BCUT2D eigenvalue weighted by molar-refractivity contribution is -0.137. The molecule has 2 aromatic rings. The number of carbonyl (C=O) groups is 2. The van der Waals surface area contributed by atoms with Gasteiger partial charge in [0.05, 0.1) is 12.0 Å². The van der Waals surface area contributed by atoms with Crippen LogP contribution in [0.15, 0.2) is 48.5 Å². The molecule has 2 aromatic carbocycles. The molecule has 2 fully saturated rings. The van der Waals surface area contributed by atoms with Crippen molar-refractivity contribution >= 4 is 29.1 Å². The number of halogens is 1. The van der Waals surface area contributed by atoms with E-state index in [1.807, 2.05) is 30.3 Å². The van der Waals surface area contributed by atoms with E-state index in [1.54, 1.807) is 23.1 Å². The van der Waals surface area contributed by atoms with Gasteiger partial charge in [0.25, 0.3) is 0 Å². The Labute approximate surface area is 175 Å². The van der Waals surface area contributed by atoms with Gasteiger partial charge in [-0.2, -0.15) is 5.26 Å². The van der Waals surface area contributed by atoms with Crippen molar-refractivity contribution in [1.82, 2.24) is 4.90 Å². The van der Waals surface area contributed by atoms with Gasteiger partial charge in [0, 0.05) is 23.2 Å². The second kappa shape index (κ2) is 8.26. The van der Waals surface area contributed by atoms with E-state index in [-0.39, 0.29) is 17.7 Å². The van der Waals surface area contributed by atoms with Crippen LogP contribution in [0, 0.1) is 17.2 Å². The van der Waals surface area contributed by atoms with Gasteiger partial charge < -0.3 is 10.2 Å². The fourth-order valence-electron chi connectivity index (χ4n) is 3.90. The summed E-state index contributed by atoms with van der Waals surface area (Å²) in [5.41, 5.74) is 2.14. The summed E-state index contributed by atoms with van der Waals surface area (Å²) in [4.78, 5) is 26.9. The number of nitriles is 1. The fraction of sp³-hybridized carbons (Fsp3) is 0.348. The number of likely N-dealkylation sites (tertiary alicyclic amines) is 1. The highest BCUT2D eigenvalue weighted by Gasteiger charge is 2.40. The Morgan fingerprint density at radius 3 is 2.55 bits per heavy atom. The lowest BCUT2D eigenvalue weighted by Gasteiger charge is -2.24. The number of rotatable bonds is 5. The molecule has 1 aliphatic carbocycles. The highest BCUT2D eigenvalue weighted by atomic mass is 35.5. The van der Waals surface area contributed by atoms with Crippen LogP contribution < -0.4 is 5.32 Å². The third kappa shape index (κ3) is 4.13. The molecule has 2 unspecified atom stereocenters. The number of carbonyl (C=O) groups excluding carboxylic acids is 2. The standard InChI is InChI=1S/C23H22ClN3O2/c24-20-13-17(10-11-18(20)19(14-25)15-5-2-1-3-6-15)26-22(28)21-7-4-12-27(21)23(29)16-8-9-16/h1-3,5-6,10-11,13,16,19,21H,4,7-9,12H2,(H,26,28). The summed E-state index contributed by atoms with van der Waals surface area (Å²) in [6.07, 6.45) is 3.39. The smallest absolute Gasteiger partial charge is 0.247 e. The summed E-state index contributed by atoms with van der Waals surface area (Å²) in [6, 6.07) is 16.6. The lowest BCUT2D eigenvalue weighted by Crippen LogP contribution is -2.43. The van der Waals surface area contributed by atoms with Gasteiger partial charge in [0.2, 0.25) is 11.8 Å². The molecule has 1 N–H and O–H groups in total. The molecule has 2 amide bonds. The molecule has 0 bridgehead atoms. The Morgan fingerprint density at radius 1 is 1.14 bits per heavy atom. The molecule has 29 heavy (non-hydrogen) atoms. The highest BCUT2D eigenvalue weighted by molar-refractivity contribution is 6.31. The maximum atomic E-state index is 12.8. The summed E-state index contributed by atoms with van der Waals surface area (Å²) in [6.45, 7) is 0.647. The Balaban J connectivity index is 1.48. The minimum atomic E-state index is -0.477. The Kier molecular flexibility index (Phi) is 5.55. The number of nitrogens with one attached hydrogen (secondary N) is 1. The van der Waals surface area contributed by atoms with E-state index in [9.17, 15) is 14.9 Å². The molecular formula is C23H22ClN3O2. The van der Waals surface area contributed by atoms with Crippen LogP contribution in [0.2, 0.25) is 5.02 Å². The monoisotopic (exact) mass is 407 g/mol. The molecule has 2 aliphatic rings. The lowest BCUT2D eigenvalue weighted by atomic mass is 9.92. The van der Waals surface area contributed by atoms with Gasteiger partial charge in [-0.1, -0.05) is 48.0 Å². The van der Waals surface area contributed by atoms with Gasteiger partial charge >= 0.3 is 0 Å². The number of hydrogen-bond acceptors (Lipinski definition) is 3. The molecular weight excluding hydrogens is 386 g/mol. The van der Waals surface area contributed by atoms with Crippen molar-refractivity contribution < 1.29 is 9.59 Å². The van der Waals surface area contributed by atoms with Crippen molar-refractivity contribution in [2.24, 2.45) is 5.92 Å². The van der Waals surface area contributed by atoms with Crippen LogP contribution in [-0.4, -0.2) is 29.3 Å². The molecule has 1 saturated heterocycles. The minimum Gasteiger partial charge on any atom is -0.330 e. The zero-order valence-electron chi connectivity index (χ0n) is 16.0. The molecule has 0 spiro atoms. The summed E-state index contributed by atoms with van der Waals surface area (Å²) in [7, 11) is 0. The predicted molar refractivity (Wildman–Crippen MR) is 111 cm³/mol. The number of hydrogen-bond donors (Lipinski definition) is 1. The van der Waals surface area contributed by atoms with Crippen LogP contribution in [0.4, 0.5) is 5.69 Å². The van der Waals surface area contributed by atoms with Crippen molar-refractivity contribution in [1.29, 1.82) is 5.26 Å². The first kappa shape index (κ1) is 19.5. The summed E-state index contributed by atoms with van der Waals surface area (Å²) >= 11 is 6.46. The van der Waals surface area contributed by atoms with Gasteiger partial charge in [-0.25, -0.2) is 0 Å². The second-order valence-corrected chi connectivity index (χ2v) is 8.07. The highest BCUT2D eigenvalue weighted by Crippen LogP contribution is 2.35. The quantitative estimate of drug-likeness (QED) is 0.801. The van der Waals surface area contributed by atoms with Crippen LogP contribution in [-0.2, 0) is 9.59 Å². The number of benzene rings is 2.